The number of carbonyl (C=O) groups excluding carboxylic acids is 1. The molecule has 0 N–H and O–H groups in total. The van der Waals surface area contributed by atoms with Gasteiger partial charge in [0.25, 0.3) is 0 Å². The molecule has 0 bridgehead atoms. The molecule has 0 saturated carbocycles. The van der Waals surface area contributed by atoms with Crippen molar-refractivity contribution in [2.45, 2.75) is 33.5 Å². The average Bonchev–Trinajstić information content (AvgIpc) is 2.38. The van der Waals surface area contributed by atoms with E-state index in [-0.39, 0.29) is 23.9 Å². The number of benzene rings is 1. The number of methoxy groups -OCH3 is 1. The second-order valence-corrected chi connectivity index (χ2v) is 4.82. The smallest absolute Gasteiger partial charge is 0.311 e. The molecule has 0 aliphatic rings. The lowest BCUT2D eigenvalue weighted by atomic mass is 9.94. The van der Waals surface area contributed by atoms with E-state index in [9.17, 15) is 4.79 Å². The zero-order valence-corrected chi connectivity index (χ0v) is 11.6. The van der Waals surface area contributed by atoms with E-state index in [1.165, 1.54) is 7.11 Å². The molecular formula is C15H22O3. The van der Waals surface area contributed by atoms with Gasteiger partial charge < -0.3 is 9.47 Å². The molecule has 0 amide bonds. The molecule has 1 aromatic rings. The van der Waals surface area contributed by atoms with E-state index in [4.69, 9.17) is 9.47 Å². The van der Waals surface area contributed by atoms with E-state index in [1.807, 2.05) is 37.3 Å². The largest absolute Gasteiger partial charge is 0.469 e. The lowest BCUT2D eigenvalue weighted by molar-refractivity contribution is -0.152. The first-order valence-electron chi connectivity index (χ1n) is 6.29. The third kappa shape index (κ3) is 4.15. The fraction of sp³-hybridized carbons (Fsp3) is 0.533. The van der Waals surface area contributed by atoms with Crippen LogP contribution in [-0.4, -0.2) is 19.2 Å². The number of esters is 1. The monoisotopic (exact) mass is 250 g/mol. The Kier molecular flexibility index (Phi) is 5.86. The molecule has 0 fully saturated rings. The van der Waals surface area contributed by atoms with Gasteiger partial charge in [0, 0.05) is 0 Å². The van der Waals surface area contributed by atoms with E-state index < -0.39 is 0 Å². The Morgan fingerprint density at radius 3 is 2.28 bits per heavy atom. The number of hydrogen-bond donors (Lipinski definition) is 0. The molecule has 1 aromatic carbocycles. The highest BCUT2D eigenvalue weighted by Gasteiger charge is 2.28. The van der Waals surface area contributed by atoms with Crippen LogP contribution in [0.15, 0.2) is 30.3 Å². The van der Waals surface area contributed by atoms with Crippen molar-refractivity contribution >= 4 is 5.97 Å². The molecule has 3 nitrogen and oxygen atoms in total. The minimum Gasteiger partial charge on any atom is -0.469 e. The van der Waals surface area contributed by atoms with E-state index in [0.29, 0.717) is 6.61 Å². The molecule has 0 aliphatic heterocycles. The second-order valence-electron chi connectivity index (χ2n) is 4.82. The van der Waals surface area contributed by atoms with Crippen LogP contribution < -0.4 is 0 Å². The summed E-state index contributed by atoms with van der Waals surface area (Å²) in [6.45, 7) is 6.47. The van der Waals surface area contributed by atoms with Crippen LogP contribution in [0, 0.1) is 11.8 Å². The maximum Gasteiger partial charge on any atom is 0.311 e. The fourth-order valence-corrected chi connectivity index (χ4v) is 2.00. The van der Waals surface area contributed by atoms with Crippen LogP contribution in [-0.2, 0) is 20.9 Å². The van der Waals surface area contributed by atoms with Crippen LogP contribution in [0.4, 0.5) is 0 Å². The third-order valence-electron chi connectivity index (χ3n) is 3.01. The summed E-state index contributed by atoms with van der Waals surface area (Å²) in [5, 5.41) is 0. The summed E-state index contributed by atoms with van der Waals surface area (Å²) >= 11 is 0. The zero-order valence-electron chi connectivity index (χ0n) is 11.6. The fourth-order valence-electron chi connectivity index (χ4n) is 2.00. The van der Waals surface area contributed by atoms with Gasteiger partial charge in [0.1, 0.15) is 0 Å². The van der Waals surface area contributed by atoms with Crippen LogP contribution >= 0.6 is 0 Å². The quantitative estimate of drug-likeness (QED) is 0.728. The molecule has 0 spiro atoms. The number of carbonyl (C=O) groups is 1. The Balaban J connectivity index is 2.61. The number of rotatable bonds is 6. The molecule has 1 rings (SSSR count). The summed E-state index contributed by atoms with van der Waals surface area (Å²) in [5.74, 6) is -0.205. The summed E-state index contributed by atoms with van der Waals surface area (Å²) in [5.41, 5.74) is 1.11. The van der Waals surface area contributed by atoms with Gasteiger partial charge in [-0.1, -0.05) is 44.2 Å². The van der Waals surface area contributed by atoms with Crippen LogP contribution in [0.2, 0.25) is 0 Å². The molecule has 3 heteroatoms. The van der Waals surface area contributed by atoms with Gasteiger partial charge in [0.05, 0.1) is 25.7 Å². The number of ether oxygens (including phenoxy) is 2. The van der Waals surface area contributed by atoms with Gasteiger partial charge in [-0.05, 0) is 18.4 Å². The first-order chi connectivity index (χ1) is 8.56. The molecule has 2 atom stereocenters. The molecule has 100 valence electrons. The Morgan fingerprint density at radius 1 is 1.17 bits per heavy atom. The molecular weight excluding hydrogens is 228 g/mol. The van der Waals surface area contributed by atoms with Crippen molar-refractivity contribution in [1.29, 1.82) is 0 Å². The van der Waals surface area contributed by atoms with Crippen molar-refractivity contribution in [2.75, 3.05) is 7.11 Å². The highest BCUT2D eigenvalue weighted by molar-refractivity contribution is 5.72. The zero-order chi connectivity index (χ0) is 13.5. The van der Waals surface area contributed by atoms with E-state index >= 15 is 0 Å². The average molecular weight is 250 g/mol. The normalized spacial score (nSPS) is 14.3. The Labute approximate surface area is 109 Å². The topological polar surface area (TPSA) is 35.5 Å². The van der Waals surface area contributed by atoms with Gasteiger partial charge in [0.15, 0.2) is 0 Å². The van der Waals surface area contributed by atoms with Crippen molar-refractivity contribution in [3.05, 3.63) is 35.9 Å². The molecule has 0 aromatic heterocycles. The summed E-state index contributed by atoms with van der Waals surface area (Å²) in [6, 6.07) is 9.96. The Bertz CT molecular complexity index is 359. The molecule has 0 saturated heterocycles. The first-order valence-corrected chi connectivity index (χ1v) is 6.29. The third-order valence-corrected chi connectivity index (χ3v) is 3.01. The summed E-state index contributed by atoms with van der Waals surface area (Å²) in [7, 11) is 1.41. The Hall–Kier alpha value is -1.35. The van der Waals surface area contributed by atoms with E-state index in [2.05, 4.69) is 13.8 Å². The minimum atomic E-state index is -0.251. The maximum absolute atomic E-state index is 11.6. The SMILES string of the molecule is COC(=O)[C@H](C)[C@H](OCc1ccccc1)C(C)C. The van der Waals surface area contributed by atoms with Crippen molar-refractivity contribution in [3.8, 4) is 0 Å². The summed E-state index contributed by atoms with van der Waals surface area (Å²) in [6.07, 6.45) is -0.127. The van der Waals surface area contributed by atoms with Gasteiger partial charge in [-0.15, -0.1) is 0 Å². The highest BCUT2D eigenvalue weighted by atomic mass is 16.5. The van der Waals surface area contributed by atoms with E-state index in [0.717, 1.165) is 5.56 Å². The molecule has 0 radical (unpaired) electrons. The van der Waals surface area contributed by atoms with Gasteiger partial charge in [-0.2, -0.15) is 0 Å². The van der Waals surface area contributed by atoms with Crippen LogP contribution in [0.1, 0.15) is 26.3 Å². The lowest BCUT2D eigenvalue weighted by Crippen LogP contribution is -2.33. The van der Waals surface area contributed by atoms with Gasteiger partial charge in [-0.25, -0.2) is 0 Å². The van der Waals surface area contributed by atoms with Crippen molar-refractivity contribution < 1.29 is 14.3 Å². The lowest BCUT2D eigenvalue weighted by Gasteiger charge is -2.26. The van der Waals surface area contributed by atoms with E-state index in [1.54, 1.807) is 0 Å². The molecule has 18 heavy (non-hydrogen) atoms. The van der Waals surface area contributed by atoms with Gasteiger partial charge in [-0.3, -0.25) is 4.79 Å². The van der Waals surface area contributed by atoms with Crippen LogP contribution in [0.5, 0.6) is 0 Å². The standard InChI is InChI=1S/C15H22O3/c1-11(2)14(12(3)15(16)17-4)18-10-13-8-6-5-7-9-13/h5-9,11-12,14H,10H2,1-4H3/t12-,14-/m1/s1. The van der Waals surface area contributed by atoms with Crippen molar-refractivity contribution in [2.24, 2.45) is 11.8 Å². The predicted molar refractivity (Wildman–Crippen MR) is 71.0 cm³/mol. The molecule has 0 heterocycles. The number of hydrogen-bond acceptors (Lipinski definition) is 3. The first kappa shape index (κ1) is 14.7. The van der Waals surface area contributed by atoms with Crippen molar-refractivity contribution in [3.63, 3.8) is 0 Å². The van der Waals surface area contributed by atoms with Crippen LogP contribution in [0.25, 0.3) is 0 Å². The highest BCUT2D eigenvalue weighted by Crippen LogP contribution is 2.19. The summed E-state index contributed by atoms with van der Waals surface area (Å²) in [4.78, 5) is 11.6. The maximum atomic E-state index is 11.6. The predicted octanol–water partition coefficient (Wildman–Crippen LogP) is 3.04. The summed E-state index contributed by atoms with van der Waals surface area (Å²) < 4.78 is 10.6. The minimum absolute atomic E-state index is 0.127. The second kappa shape index (κ2) is 7.17. The molecule has 0 unspecified atom stereocenters. The van der Waals surface area contributed by atoms with Gasteiger partial charge in [0.2, 0.25) is 0 Å². The Morgan fingerprint density at radius 2 is 1.78 bits per heavy atom. The molecule has 0 aliphatic carbocycles. The van der Waals surface area contributed by atoms with Gasteiger partial charge >= 0.3 is 5.97 Å². The van der Waals surface area contributed by atoms with Crippen LogP contribution in [0.3, 0.4) is 0 Å². The van der Waals surface area contributed by atoms with Crippen molar-refractivity contribution in [1.82, 2.24) is 0 Å².